The number of aliphatic hydroxyl groups excluding tert-OH is 1. The quantitative estimate of drug-likeness (QED) is 0.759. The molecule has 0 heterocycles. The van der Waals surface area contributed by atoms with E-state index in [0.29, 0.717) is 36.6 Å². The highest BCUT2D eigenvalue weighted by Crippen LogP contribution is 2.68. The van der Waals surface area contributed by atoms with Crippen LogP contribution in [0.15, 0.2) is 11.6 Å². The van der Waals surface area contributed by atoms with E-state index >= 15 is 0 Å². The van der Waals surface area contributed by atoms with E-state index in [0.717, 1.165) is 32.1 Å². The van der Waals surface area contributed by atoms with Gasteiger partial charge in [-0.15, -0.1) is 0 Å². The Labute approximate surface area is 175 Å². The third-order valence-corrected chi connectivity index (χ3v) is 9.72. The number of ketones is 2. The Balaban J connectivity index is 1.71. The second kappa shape index (κ2) is 7.02. The summed E-state index contributed by atoms with van der Waals surface area (Å²) < 4.78 is 6.11. The van der Waals surface area contributed by atoms with Crippen molar-refractivity contribution in [2.75, 3.05) is 13.2 Å². The largest absolute Gasteiger partial charge is 0.394 e. The number of ether oxygens (including phenoxy) is 1. The maximum Gasteiger partial charge on any atom is 0.155 e. The zero-order valence-corrected chi connectivity index (χ0v) is 18.8. The summed E-state index contributed by atoms with van der Waals surface area (Å²) in [5.74, 6) is 1.96. The van der Waals surface area contributed by atoms with Crippen molar-refractivity contribution in [2.45, 2.75) is 78.7 Å². The van der Waals surface area contributed by atoms with Crippen molar-refractivity contribution in [1.29, 1.82) is 0 Å². The molecule has 4 nitrogen and oxygen atoms in total. The standard InChI is InChI=1S/C25H38O4/c1-15-22(28)21-18(7-6-16-14-17(27)10-11-24(16,21)4)19-8-9-20(25(15,19)5)23(2,3)29-13-12-26/h14-15,18-21,26H,6-13H2,1-5H3/t15-,18+,19+,20-,21-,24+,25+/m1/s1. The van der Waals surface area contributed by atoms with Gasteiger partial charge in [-0.05, 0) is 80.6 Å². The maximum atomic E-state index is 13.9. The number of carbonyl (C=O) groups is 2. The molecule has 0 saturated heterocycles. The van der Waals surface area contributed by atoms with Gasteiger partial charge in [-0.25, -0.2) is 0 Å². The van der Waals surface area contributed by atoms with Gasteiger partial charge in [0.2, 0.25) is 0 Å². The molecule has 3 fully saturated rings. The topological polar surface area (TPSA) is 63.6 Å². The van der Waals surface area contributed by atoms with Crippen LogP contribution in [0, 0.1) is 40.4 Å². The first-order chi connectivity index (χ1) is 13.6. The second-order valence-electron chi connectivity index (χ2n) is 11.1. The number of Topliss-reactive ketones (excluding diaryl/α,β-unsaturated/α-hetero) is 1. The minimum absolute atomic E-state index is 0.00736. The van der Waals surface area contributed by atoms with Gasteiger partial charge in [0, 0.05) is 18.3 Å². The third-order valence-electron chi connectivity index (χ3n) is 9.72. The van der Waals surface area contributed by atoms with Crippen molar-refractivity contribution in [2.24, 2.45) is 40.4 Å². The van der Waals surface area contributed by atoms with Gasteiger partial charge in [0.1, 0.15) is 5.78 Å². The average molecular weight is 403 g/mol. The monoisotopic (exact) mass is 402 g/mol. The first-order valence-corrected chi connectivity index (χ1v) is 11.6. The summed E-state index contributed by atoms with van der Waals surface area (Å²) in [4.78, 5) is 26.0. The first-order valence-electron chi connectivity index (χ1n) is 11.6. The first kappa shape index (κ1) is 21.2. The Hall–Kier alpha value is -1.00. The summed E-state index contributed by atoms with van der Waals surface area (Å²) in [6.45, 7) is 11.4. The number of hydrogen-bond donors (Lipinski definition) is 1. The summed E-state index contributed by atoms with van der Waals surface area (Å²) in [6.07, 6.45) is 7.51. The van der Waals surface area contributed by atoms with Gasteiger partial charge in [0.25, 0.3) is 0 Å². The normalized spacial score (nSPS) is 44.8. The van der Waals surface area contributed by atoms with Crippen LogP contribution in [0.25, 0.3) is 0 Å². The molecule has 0 spiro atoms. The number of aliphatic hydroxyl groups is 1. The lowest BCUT2D eigenvalue weighted by atomic mass is 9.43. The molecule has 0 radical (unpaired) electrons. The number of allylic oxidation sites excluding steroid dienone is 1. The Morgan fingerprint density at radius 3 is 2.59 bits per heavy atom. The molecule has 4 aliphatic carbocycles. The summed E-state index contributed by atoms with van der Waals surface area (Å²) in [5, 5.41) is 9.27. The molecule has 0 aromatic heterocycles. The Morgan fingerprint density at radius 2 is 1.90 bits per heavy atom. The molecule has 0 aliphatic heterocycles. The van der Waals surface area contributed by atoms with Gasteiger partial charge in [-0.3, -0.25) is 9.59 Å². The van der Waals surface area contributed by atoms with E-state index in [1.54, 1.807) is 0 Å². The van der Waals surface area contributed by atoms with E-state index in [-0.39, 0.29) is 40.7 Å². The van der Waals surface area contributed by atoms with Gasteiger partial charge in [-0.2, -0.15) is 0 Å². The van der Waals surface area contributed by atoms with Crippen molar-refractivity contribution in [3.8, 4) is 0 Å². The molecule has 4 rings (SSSR count). The molecule has 0 unspecified atom stereocenters. The van der Waals surface area contributed by atoms with E-state index in [4.69, 9.17) is 4.74 Å². The fourth-order valence-corrected chi connectivity index (χ4v) is 8.21. The highest BCUT2D eigenvalue weighted by Gasteiger charge is 2.66. The minimum Gasteiger partial charge on any atom is -0.394 e. The van der Waals surface area contributed by atoms with Crippen LogP contribution in [-0.2, 0) is 14.3 Å². The summed E-state index contributed by atoms with van der Waals surface area (Å²) >= 11 is 0. The molecule has 0 aromatic carbocycles. The van der Waals surface area contributed by atoms with Crippen LogP contribution in [0.2, 0.25) is 0 Å². The molecular formula is C25H38O4. The predicted molar refractivity (Wildman–Crippen MR) is 112 cm³/mol. The van der Waals surface area contributed by atoms with E-state index < -0.39 is 0 Å². The maximum absolute atomic E-state index is 13.9. The highest BCUT2D eigenvalue weighted by molar-refractivity contribution is 5.93. The summed E-state index contributed by atoms with van der Waals surface area (Å²) in [7, 11) is 0. The number of fused-ring (bicyclic) bond motifs is 5. The zero-order valence-electron chi connectivity index (χ0n) is 18.8. The average Bonchev–Trinajstić information content (AvgIpc) is 3.04. The SMILES string of the molecule is C[C@@H]1C(=O)[C@H]2[C@@H](CCC3=CC(=O)CC[C@@]32C)[C@@H]2CC[C@H](C(C)(C)OCCO)[C@@]12C. The van der Waals surface area contributed by atoms with Gasteiger partial charge >= 0.3 is 0 Å². The van der Waals surface area contributed by atoms with Crippen LogP contribution in [0.3, 0.4) is 0 Å². The van der Waals surface area contributed by atoms with Gasteiger partial charge in [-0.1, -0.05) is 26.3 Å². The fraction of sp³-hybridized carbons (Fsp3) is 0.840. The number of rotatable bonds is 4. The van der Waals surface area contributed by atoms with Crippen LogP contribution in [0.4, 0.5) is 0 Å². The van der Waals surface area contributed by atoms with Crippen molar-refractivity contribution in [3.63, 3.8) is 0 Å². The second-order valence-corrected chi connectivity index (χ2v) is 11.1. The van der Waals surface area contributed by atoms with E-state index in [1.165, 1.54) is 5.57 Å². The zero-order chi connectivity index (χ0) is 21.2. The van der Waals surface area contributed by atoms with Crippen LogP contribution >= 0.6 is 0 Å². The van der Waals surface area contributed by atoms with E-state index in [2.05, 4.69) is 34.6 Å². The molecule has 0 aromatic rings. The van der Waals surface area contributed by atoms with Gasteiger partial charge in [0.15, 0.2) is 5.78 Å². The molecule has 0 bridgehead atoms. The van der Waals surface area contributed by atoms with Crippen molar-refractivity contribution in [1.82, 2.24) is 0 Å². The van der Waals surface area contributed by atoms with Crippen LogP contribution < -0.4 is 0 Å². The predicted octanol–water partition coefficient (Wildman–Crippen LogP) is 4.35. The van der Waals surface area contributed by atoms with Crippen molar-refractivity contribution < 1.29 is 19.4 Å². The van der Waals surface area contributed by atoms with Crippen LogP contribution in [-0.4, -0.2) is 35.5 Å². The lowest BCUT2D eigenvalue weighted by molar-refractivity contribution is -0.169. The Morgan fingerprint density at radius 1 is 1.17 bits per heavy atom. The molecule has 162 valence electrons. The summed E-state index contributed by atoms with van der Waals surface area (Å²) in [6, 6.07) is 0. The Bertz CT molecular complexity index is 737. The van der Waals surface area contributed by atoms with Crippen molar-refractivity contribution >= 4 is 11.6 Å². The number of carbonyl (C=O) groups excluding carboxylic acids is 2. The van der Waals surface area contributed by atoms with Gasteiger partial charge in [0.05, 0.1) is 18.8 Å². The van der Waals surface area contributed by atoms with E-state index in [9.17, 15) is 14.7 Å². The number of hydrogen-bond acceptors (Lipinski definition) is 4. The molecule has 1 N–H and O–H groups in total. The molecule has 29 heavy (non-hydrogen) atoms. The van der Waals surface area contributed by atoms with E-state index in [1.807, 2.05) is 6.08 Å². The highest BCUT2D eigenvalue weighted by atomic mass is 16.5. The molecule has 4 aliphatic rings. The lowest BCUT2D eigenvalue weighted by Crippen LogP contribution is -2.60. The minimum atomic E-state index is -0.353. The molecule has 3 saturated carbocycles. The van der Waals surface area contributed by atoms with Crippen LogP contribution in [0.1, 0.15) is 73.1 Å². The molecule has 4 heteroatoms. The van der Waals surface area contributed by atoms with Crippen LogP contribution in [0.5, 0.6) is 0 Å². The molecule has 0 amide bonds. The third kappa shape index (κ3) is 2.92. The fourth-order valence-electron chi connectivity index (χ4n) is 8.21. The molecular weight excluding hydrogens is 364 g/mol. The van der Waals surface area contributed by atoms with Gasteiger partial charge < -0.3 is 9.84 Å². The Kier molecular flexibility index (Phi) is 5.14. The molecule has 7 atom stereocenters. The van der Waals surface area contributed by atoms with Crippen molar-refractivity contribution in [3.05, 3.63) is 11.6 Å². The lowest BCUT2D eigenvalue weighted by Gasteiger charge is -2.60. The smallest absolute Gasteiger partial charge is 0.155 e. The summed E-state index contributed by atoms with van der Waals surface area (Å²) in [5.41, 5.74) is 0.679.